The van der Waals surface area contributed by atoms with Crippen LogP contribution in [-0.2, 0) is 54.1 Å². The zero-order valence-corrected chi connectivity index (χ0v) is 21.9. The second kappa shape index (κ2) is 11.8. The van der Waals surface area contributed by atoms with Crippen molar-refractivity contribution in [3.8, 4) is 0 Å². The first-order chi connectivity index (χ1) is 13.9. The summed E-state index contributed by atoms with van der Waals surface area (Å²) in [5.41, 5.74) is 2.96. The number of unbranched alkanes of at least 4 members (excludes halogenated alkanes) is 1. The van der Waals surface area contributed by atoms with Gasteiger partial charge in [-0.2, -0.15) is 30.3 Å². The predicted molar refractivity (Wildman–Crippen MR) is 119 cm³/mol. The monoisotopic (exact) mass is 503 g/mol. The summed E-state index contributed by atoms with van der Waals surface area (Å²) in [6.45, 7) is 7.26. The van der Waals surface area contributed by atoms with Crippen molar-refractivity contribution in [2.24, 2.45) is 5.92 Å². The van der Waals surface area contributed by atoms with E-state index in [1.54, 1.807) is 4.31 Å². The molecule has 0 N–H and O–H groups in total. The summed E-state index contributed by atoms with van der Waals surface area (Å²) in [5.74, 6) is 0.636. The van der Waals surface area contributed by atoms with Crippen LogP contribution in [0.2, 0.25) is 0 Å². The zero-order chi connectivity index (χ0) is 20.9. The van der Waals surface area contributed by atoms with Gasteiger partial charge in [0.2, 0.25) is 10.0 Å². The third-order valence-electron chi connectivity index (χ3n) is 5.62. The molecule has 1 fully saturated rings. The maximum Gasteiger partial charge on any atom is 0.235 e. The topological polar surface area (TPSA) is 46.6 Å². The van der Waals surface area contributed by atoms with Crippen molar-refractivity contribution in [3.05, 3.63) is 65.7 Å². The molecule has 0 amide bonds. The number of rotatable bonds is 9. The first kappa shape index (κ1) is 25.5. The SMILES string of the molecule is CCCCC1CS(=O)(=O)N(c2cccc(C(C)C)c2)C1COCc1c[c-]ccc1.[Y]. The molecule has 1 aliphatic rings. The predicted octanol–water partition coefficient (Wildman–Crippen LogP) is 5.15. The minimum absolute atomic E-state index is 0. The van der Waals surface area contributed by atoms with Gasteiger partial charge < -0.3 is 4.74 Å². The number of benzene rings is 2. The minimum Gasteiger partial charge on any atom is -0.387 e. The fourth-order valence-electron chi connectivity index (χ4n) is 4.00. The third-order valence-corrected chi connectivity index (χ3v) is 7.55. The van der Waals surface area contributed by atoms with Crippen LogP contribution in [0, 0.1) is 12.0 Å². The summed E-state index contributed by atoms with van der Waals surface area (Å²) < 4.78 is 33.9. The van der Waals surface area contributed by atoms with Crippen molar-refractivity contribution in [1.82, 2.24) is 0 Å². The van der Waals surface area contributed by atoms with Crippen molar-refractivity contribution >= 4 is 15.7 Å². The Morgan fingerprint density at radius 2 is 2.03 bits per heavy atom. The summed E-state index contributed by atoms with van der Waals surface area (Å²) in [5, 5.41) is 0. The molecule has 0 spiro atoms. The smallest absolute Gasteiger partial charge is 0.235 e. The molecule has 2 atom stereocenters. The van der Waals surface area contributed by atoms with Gasteiger partial charge in [-0.1, -0.05) is 45.7 Å². The van der Waals surface area contributed by atoms with Crippen molar-refractivity contribution in [1.29, 1.82) is 0 Å². The first-order valence-electron chi connectivity index (χ1n) is 10.6. The van der Waals surface area contributed by atoms with Gasteiger partial charge in [0.05, 0.1) is 24.1 Å². The van der Waals surface area contributed by atoms with Gasteiger partial charge >= 0.3 is 0 Å². The van der Waals surface area contributed by atoms with Crippen molar-refractivity contribution < 1.29 is 45.9 Å². The van der Waals surface area contributed by atoms with Crippen LogP contribution in [0.5, 0.6) is 0 Å². The van der Waals surface area contributed by atoms with Crippen LogP contribution in [0.4, 0.5) is 5.69 Å². The molecule has 0 aliphatic carbocycles. The van der Waals surface area contributed by atoms with Crippen molar-refractivity contribution in [2.75, 3.05) is 16.7 Å². The van der Waals surface area contributed by atoms with Gasteiger partial charge in [0, 0.05) is 39.3 Å². The van der Waals surface area contributed by atoms with Crippen molar-refractivity contribution in [3.63, 3.8) is 0 Å². The molecule has 161 valence electrons. The van der Waals surface area contributed by atoms with E-state index in [2.05, 4.69) is 32.9 Å². The number of anilines is 1. The second-order valence-electron chi connectivity index (χ2n) is 8.22. The first-order valence-corrected chi connectivity index (χ1v) is 12.2. The number of ether oxygens (including phenoxy) is 1. The number of hydrogen-bond acceptors (Lipinski definition) is 3. The Labute approximate surface area is 207 Å². The van der Waals surface area contributed by atoms with Gasteiger partial charge in [0.25, 0.3) is 0 Å². The van der Waals surface area contributed by atoms with E-state index in [0.29, 0.717) is 19.1 Å². The molecular formula is C24H32NO3SY-. The molecule has 0 aromatic heterocycles. The third kappa shape index (κ3) is 6.38. The Kier molecular flexibility index (Phi) is 10.00. The average Bonchev–Trinajstić information content (AvgIpc) is 2.96. The normalized spacial score (nSPS) is 20.3. The molecule has 0 saturated carbocycles. The van der Waals surface area contributed by atoms with E-state index in [0.717, 1.165) is 36.1 Å². The maximum atomic E-state index is 13.1. The zero-order valence-electron chi connectivity index (χ0n) is 18.3. The van der Waals surface area contributed by atoms with E-state index in [-0.39, 0.29) is 50.4 Å². The molecule has 2 aromatic rings. The largest absolute Gasteiger partial charge is 0.387 e. The molecule has 3 rings (SSSR count). The molecule has 1 radical (unpaired) electrons. The molecule has 1 heterocycles. The summed E-state index contributed by atoms with van der Waals surface area (Å²) in [6, 6.07) is 18.5. The van der Waals surface area contributed by atoms with E-state index in [1.807, 2.05) is 42.5 Å². The quantitative estimate of drug-likeness (QED) is 0.445. The molecule has 2 aromatic carbocycles. The van der Waals surface area contributed by atoms with Crippen LogP contribution >= 0.6 is 0 Å². The van der Waals surface area contributed by atoms with Crippen LogP contribution in [0.1, 0.15) is 57.1 Å². The van der Waals surface area contributed by atoms with Gasteiger partial charge in [0.15, 0.2) is 0 Å². The maximum absolute atomic E-state index is 13.1. The molecule has 6 heteroatoms. The molecule has 1 saturated heterocycles. The van der Waals surface area contributed by atoms with E-state index < -0.39 is 10.0 Å². The standard InChI is InChI=1S/C24H32NO3S.Y/c1-4-5-12-22-18-29(26,27)25(23-14-9-13-21(15-23)19(2)3)24(22)17-28-16-20-10-7-6-8-11-20;/h6-7,9-11,13-15,19,22,24H,4-5,12,16-18H2,1-3H3;/q-1;. The van der Waals surface area contributed by atoms with Crippen LogP contribution in [0.3, 0.4) is 0 Å². The van der Waals surface area contributed by atoms with Gasteiger partial charge in [-0.25, -0.2) is 8.42 Å². The van der Waals surface area contributed by atoms with Gasteiger partial charge in [0.1, 0.15) is 0 Å². The van der Waals surface area contributed by atoms with Crippen LogP contribution in [0.15, 0.2) is 48.5 Å². The summed E-state index contributed by atoms with van der Waals surface area (Å²) in [7, 11) is -3.36. The van der Waals surface area contributed by atoms with Gasteiger partial charge in [-0.3, -0.25) is 4.31 Å². The van der Waals surface area contributed by atoms with E-state index >= 15 is 0 Å². The van der Waals surface area contributed by atoms with Crippen LogP contribution in [-0.4, -0.2) is 26.8 Å². The van der Waals surface area contributed by atoms with Gasteiger partial charge in [-0.15, -0.1) is 5.56 Å². The molecule has 0 bridgehead atoms. The Balaban J connectivity index is 0.00000320. The number of nitrogens with zero attached hydrogens (tertiary/aromatic N) is 1. The second-order valence-corrected chi connectivity index (χ2v) is 10.1. The van der Waals surface area contributed by atoms with Crippen molar-refractivity contribution in [2.45, 2.75) is 58.6 Å². The fraction of sp³-hybridized carbons (Fsp3) is 0.500. The Morgan fingerprint density at radius 3 is 2.70 bits per heavy atom. The molecule has 2 unspecified atom stereocenters. The Bertz CT molecular complexity index is 886. The van der Waals surface area contributed by atoms with Crippen LogP contribution < -0.4 is 4.31 Å². The van der Waals surface area contributed by atoms with E-state index in [9.17, 15) is 8.42 Å². The Morgan fingerprint density at radius 1 is 1.23 bits per heavy atom. The summed E-state index contributed by atoms with van der Waals surface area (Å²) in [6.07, 6.45) is 3.00. The van der Waals surface area contributed by atoms with E-state index in [4.69, 9.17) is 4.74 Å². The molecule has 4 nitrogen and oxygen atoms in total. The summed E-state index contributed by atoms with van der Waals surface area (Å²) >= 11 is 0. The average molecular weight is 503 g/mol. The van der Waals surface area contributed by atoms with E-state index in [1.165, 1.54) is 0 Å². The number of hydrogen-bond donors (Lipinski definition) is 0. The molecule has 30 heavy (non-hydrogen) atoms. The fourth-order valence-corrected chi connectivity index (χ4v) is 6.17. The Hall–Kier alpha value is -0.746. The number of sulfonamides is 1. The van der Waals surface area contributed by atoms with Gasteiger partial charge in [-0.05, 0) is 36.0 Å². The molecular weight excluding hydrogens is 471 g/mol. The molecule has 1 aliphatic heterocycles. The minimum atomic E-state index is -3.36. The summed E-state index contributed by atoms with van der Waals surface area (Å²) in [4.78, 5) is 0. The van der Waals surface area contributed by atoms with Crippen LogP contribution in [0.25, 0.3) is 0 Å².